The van der Waals surface area contributed by atoms with E-state index in [-0.39, 0.29) is 6.04 Å². The molecule has 104 valence electrons. The van der Waals surface area contributed by atoms with Crippen LogP contribution in [-0.4, -0.2) is 22.3 Å². The lowest BCUT2D eigenvalue weighted by atomic mass is 10.1. The van der Waals surface area contributed by atoms with Crippen LogP contribution in [0.4, 0.5) is 5.69 Å². The van der Waals surface area contributed by atoms with E-state index in [9.17, 15) is 0 Å². The van der Waals surface area contributed by atoms with Gasteiger partial charge in [-0.1, -0.05) is 23.7 Å². The van der Waals surface area contributed by atoms with Gasteiger partial charge in [-0.3, -0.25) is 9.67 Å². The van der Waals surface area contributed by atoms with Crippen molar-refractivity contribution in [3.8, 4) is 0 Å². The average molecular weight is 290 g/mol. The van der Waals surface area contributed by atoms with E-state index < -0.39 is 0 Å². The lowest BCUT2D eigenvalue weighted by molar-refractivity contribution is 0.751. The maximum atomic E-state index is 6.29. The van der Waals surface area contributed by atoms with Crippen molar-refractivity contribution in [1.82, 2.24) is 9.78 Å². The number of rotatable bonds is 2. The summed E-state index contributed by atoms with van der Waals surface area (Å²) in [6, 6.07) is 7.70. The number of aliphatic imine (C=N–C) groups is 1. The third-order valence-electron chi connectivity index (χ3n) is 3.51. The van der Waals surface area contributed by atoms with Crippen LogP contribution in [0.15, 0.2) is 35.5 Å². The highest BCUT2D eigenvalue weighted by Gasteiger charge is 2.32. The molecule has 2 heterocycles. The Kier molecular flexibility index (Phi) is 3.14. The van der Waals surface area contributed by atoms with Gasteiger partial charge in [-0.15, -0.1) is 0 Å². The Morgan fingerprint density at radius 1 is 1.35 bits per heavy atom. The first-order valence-electron chi connectivity index (χ1n) is 6.41. The molecule has 0 aliphatic carbocycles. The average Bonchev–Trinajstić information content (AvgIpc) is 2.93. The Bertz CT molecular complexity index is 676. The number of halogens is 1. The molecule has 1 aromatic heterocycles. The van der Waals surface area contributed by atoms with Crippen molar-refractivity contribution in [2.75, 3.05) is 11.4 Å². The number of nitrogens with two attached hydrogens (primary N) is 1. The van der Waals surface area contributed by atoms with E-state index in [1.807, 2.05) is 54.0 Å². The maximum absolute atomic E-state index is 6.29. The van der Waals surface area contributed by atoms with Crippen LogP contribution in [0.1, 0.15) is 17.3 Å². The van der Waals surface area contributed by atoms with E-state index in [0.717, 1.165) is 16.9 Å². The van der Waals surface area contributed by atoms with Gasteiger partial charge in [0, 0.05) is 18.8 Å². The highest BCUT2D eigenvalue weighted by atomic mass is 35.5. The van der Waals surface area contributed by atoms with E-state index in [1.165, 1.54) is 0 Å². The Morgan fingerprint density at radius 3 is 2.75 bits per heavy atom. The van der Waals surface area contributed by atoms with Gasteiger partial charge in [0.05, 0.1) is 29.0 Å². The quantitative estimate of drug-likeness (QED) is 0.922. The highest BCUT2D eigenvalue weighted by Crippen LogP contribution is 2.36. The summed E-state index contributed by atoms with van der Waals surface area (Å²) in [5.74, 6) is 0.492. The second-order valence-corrected chi connectivity index (χ2v) is 5.29. The highest BCUT2D eigenvalue weighted by molar-refractivity contribution is 6.33. The van der Waals surface area contributed by atoms with Crippen LogP contribution >= 0.6 is 11.6 Å². The van der Waals surface area contributed by atoms with Gasteiger partial charge in [-0.2, -0.15) is 5.10 Å². The van der Waals surface area contributed by atoms with Gasteiger partial charge < -0.3 is 10.6 Å². The molecular weight excluding hydrogens is 274 g/mol. The van der Waals surface area contributed by atoms with Crippen molar-refractivity contribution >= 4 is 23.2 Å². The van der Waals surface area contributed by atoms with E-state index >= 15 is 0 Å². The normalized spacial score (nSPS) is 18.4. The molecule has 3 rings (SSSR count). The Morgan fingerprint density at radius 2 is 2.10 bits per heavy atom. The van der Waals surface area contributed by atoms with Crippen molar-refractivity contribution in [3.05, 3.63) is 46.7 Å². The first-order chi connectivity index (χ1) is 9.58. The molecule has 20 heavy (non-hydrogen) atoms. The molecule has 5 nitrogen and oxygen atoms in total. The molecule has 0 fully saturated rings. The minimum absolute atomic E-state index is 0.0450. The molecule has 0 saturated carbocycles. The van der Waals surface area contributed by atoms with Crippen LogP contribution in [-0.2, 0) is 7.05 Å². The van der Waals surface area contributed by atoms with Crippen LogP contribution in [0, 0.1) is 6.92 Å². The molecular formula is C14H16ClN5. The zero-order valence-electron chi connectivity index (χ0n) is 11.4. The lowest BCUT2D eigenvalue weighted by Gasteiger charge is -2.26. The van der Waals surface area contributed by atoms with Crippen LogP contribution in [0.5, 0.6) is 0 Å². The number of benzene rings is 1. The zero-order valence-corrected chi connectivity index (χ0v) is 12.2. The number of anilines is 1. The molecule has 1 unspecified atom stereocenters. The zero-order chi connectivity index (χ0) is 14.3. The van der Waals surface area contributed by atoms with Crippen LogP contribution in [0.25, 0.3) is 0 Å². The van der Waals surface area contributed by atoms with Gasteiger partial charge in [0.2, 0.25) is 0 Å². The number of aryl methyl sites for hydroxylation is 2. The smallest absolute Gasteiger partial charge is 0.196 e. The second-order valence-electron chi connectivity index (χ2n) is 4.88. The molecule has 0 saturated heterocycles. The van der Waals surface area contributed by atoms with E-state index in [4.69, 9.17) is 17.3 Å². The van der Waals surface area contributed by atoms with Gasteiger partial charge in [-0.25, -0.2) is 0 Å². The number of guanidine groups is 1. The Balaban J connectivity index is 2.05. The third kappa shape index (κ3) is 2.04. The van der Waals surface area contributed by atoms with Crippen LogP contribution in [0.3, 0.4) is 0 Å². The number of hydrogen-bond acceptors (Lipinski definition) is 4. The van der Waals surface area contributed by atoms with Gasteiger partial charge in [0.15, 0.2) is 5.96 Å². The van der Waals surface area contributed by atoms with Gasteiger partial charge in [0.25, 0.3) is 0 Å². The summed E-state index contributed by atoms with van der Waals surface area (Å²) in [4.78, 5) is 6.35. The summed E-state index contributed by atoms with van der Waals surface area (Å²) in [6.07, 6.45) is 2.01. The van der Waals surface area contributed by atoms with Crippen LogP contribution < -0.4 is 10.6 Å². The fraction of sp³-hybridized carbons (Fsp3) is 0.286. The van der Waals surface area contributed by atoms with Crippen LogP contribution in [0.2, 0.25) is 5.02 Å². The predicted molar refractivity (Wildman–Crippen MR) is 81.1 cm³/mol. The summed E-state index contributed by atoms with van der Waals surface area (Å²) in [5.41, 5.74) is 9.04. The first-order valence-corrected chi connectivity index (χ1v) is 6.79. The summed E-state index contributed by atoms with van der Waals surface area (Å²) >= 11 is 6.29. The van der Waals surface area contributed by atoms with Crippen molar-refractivity contribution in [1.29, 1.82) is 0 Å². The molecule has 1 aliphatic heterocycles. The minimum atomic E-state index is 0.0450. The largest absolute Gasteiger partial charge is 0.369 e. The molecule has 0 spiro atoms. The monoisotopic (exact) mass is 289 g/mol. The summed E-state index contributed by atoms with van der Waals surface area (Å²) < 4.78 is 1.81. The molecule has 1 aliphatic rings. The van der Waals surface area contributed by atoms with E-state index in [0.29, 0.717) is 17.5 Å². The predicted octanol–water partition coefficient (Wildman–Crippen LogP) is 2.26. The molecule has 0 amide bonds. The van der Waals surface area contributed by atoms with Crippen molar-refractivity contribution < 1.29 is 0 Å². The summed E-state index contributed by atoms with van der Waals surface area (Å²) in [5, 5.41) is 5.06. The van der Waals surface area contributed by atoms with Crippen molar-refractivity contribution in [3.63, 3.8) is 0 Å². The SMILES string of the molecule is Cc1nn(C)cc1C1CN=C(N)N1c1ccccc1Cl. The van der Waals surface area contributed by atoms with E-state index in [1.54, 1.807) is 0 Å². The minimum Gasteiger partial charge on any atom is -0.369 e. The van der Waals surface area contributed by atoms with E-state index in [2.05, 4.69) is 10.1 Å². The van der Waals surface area contributed by atoms with Crippen molar-refractivity contribution in [2.24, 2.45) is 17.8 Å². The fourth-order valence-corrected chi connectivity index (χ4v) is 2.85. The number of para-hydroxylation sites is 1. The lowest BCUT2D eigenvalue weighted by Crippen LogP contribution is -2.36. The summed E-state index contributed by atoms with van der Waals surface area (Å²) in [7, 11) is 1.91. The summed E-state index contributed by atoms with van der Waals surface area (Å²) in [6.45, 7) is 2.61. The Hall–Kier alpha value is -2.01. The van der Waals surface area contributed by atoms with Gasteiger partial charge >= 0.3 is 0 Å². The number of aromatic nitrogens is 2. The van der Waals surface area contributed by atoms with Gasteiger partial charge in [0.1, 0.15) is 0 Å². The standard InChI is InChI=1S/C14H16ClN5/c1-9-10(8-19(2)18-9)13-7-17-14(16)20(13)12-6-4-3-5-11(12)15/h3-6,8,13H,7H2,1-2H3,(H2,16,17). The fourth-order valence-electron chi connectivity index (χ4n) is 2.62. The molecule has 2 aromatic rings. The number of hydrogen-bond donors (Lipinski definition) is 1. The topological polar surface area (TPSA) is 59.4 Å². The molecule has 1 aromatic carbocycles. The first kappa shape index (κ1) is 13.0. The molecule has 0 bridgehead atoms. The maximum Gasteiger partial charge on any atom is 0.196 e. The Labute approximate surface area is 122 Å². The number of nitrogens with zero attached hydrogens (tertiary/aromatic N) is 4. The molecule has 0 radical (unpaired) electrons. The molecule has 1 atom stereocenters. The second kappa shape index (κ2) is 4.83. The molecule has 6 heteroatoms. The van der Waals surface area contributed by atoms with Gasteiger partial charge in [-0.05, 0) is 19.1 Å². The third-order valence-corrected chi connectivity index (χ3v) is 3.83. The molecule has 2 N–H and O–H groups in total. The van der Waals surface area contributed by atoms with Crippen molar-refractivity contribution in [2.45, 2.75) is 13.0 Å².